The van der Waals surface area contributed by atoms with Crippen LogP contribution in [0.3, 0.4) is 0 Å². The van der Waals surface area contributed by atoms with Crippen molar-refractivity contribution in [1.29, 1.82) is 0 Å². The van der Waals surface area contributed by atoms with Crippen LogP contribution in [-0.2, 0) is 9.53 Å². The molecule has 0 aromatic rings. The summed E-state index contributed by atoms with van der Waals surface area (Å²) in [7, 11) is 0. The molecule has 0 radical (unpaired) electrons. The van der Waals surface area contributed by atoms with E-state index in [1.54, 1.807) is 0 Å². The second-order valence-corrected chi connectivity index (χ2v) is 6.92. The first kappa shape index (κ1) is 15.5. The molecular formula is C15H29NO2. The zero-order valence-electron chi connectivity index (χ0n) is 12.4. The number of hydrogen-bond donors (Lipinski definition) is 1. The zero-order chi connectivity index (χ0) is 13.8. The highest BCUT2D eigenvalue weighted by Gasteiger charge is 2.24. The first-order chi connectivity index (χ1) is 8.26. The van der Waals surface area contributed by atoms with Crippen molar-refractivity contribution in [1.82, 2.24) is 0 Å². The highest BCUT2D eigenvalue weighted by Crippen LogP contribution is 2.29. The van der Waals surface area contributed by atoms with Crippen LogP contribution in [-0.4, -0.2) is 17.6 Å². The molecule has 3 atom stereocenters. The number of ether oxygens (including phenoxy) is 1. The number of rotatable bonds is 2. The summed E-state index contributed by atoms with van der Waals surface area (Å²) in [6.07, 6.45) is 6.10. The maximum atomic E-state index is 11.8. The van der Waals surface area contributed by atoms with E-state index in [1.165, 1.54) is 0 Å². The first-order valence-corrected chi connectivity index (χ1v) is 7.23. The van der Waals surface area contributed by atoms with Crippen LogP contribution in [0.25, 0.3) is 0 Å². The largest absolute Gasteiger partial charge is 0.460 e. The number of carbonyl (C=O) groups excluding carboxylic acids is 1. The number of esters is 1. The molecular weight excluding hydrogens is 226 g/mol. The van der Waals surface area contributed by atoms with E-state index in [9.17, 15) is 4.79 Å². The van der Waals surface area contributed by atoms with Gasteiger partial charge in [0.2, 0.25) is 0 Å². The lowest BCUT2D eigenvalue weighted by Gasteiger charge is -2.27. The number of hydrogen-bond acceptors (Lipinski definition) is 3. The average Bonchev–Trinajstić information content (AvgIpc) is 2.11. The summed E-state index contributed by atoms with van der Waals surface area (Å²) < 4.78 is 5.41. The molecule has 1 aliphatic carbocycles. The maximum absolute atomic E-state index is 11.8. The second kappa shape index (κ2) is 6.55. The van der Waals surface area contributed by atoms with Crippen molar-refractivity contribution in [3.8, 4) is 0 Å². The van der Waals surface area contributed by atoms with Gasteiger partial charge in [0.1, 0.15) is 5.60 Å². The average molecular weight is 255 g/mol. The third-order valence-corrected chi connectivity index (χ3v) is 3.50. The normalized spacial score (nSPS) is 30.4. The quantitative estimate of drug-likeness (QED) is 0.770. The van der Waals surface area contributed by atoms with Crippen molar-refractivity contribution in [2.75, 3.05) is 0 Å². The summed E-state index contributed by atoms with van der Waals surface area (Å²) >= 11 is 0. The minimum atomic E-state index is -0.368. The van der Waals surface area contributed by atoms with Gasteiger partial charge in [0, 0.05) is 12.5 Å². The van der Waals surface area contributed by atoms with E-state index in [1.807, 2.05) is 20.8 Å². The molecule has 106 valence electrons. The van der Waals surface area contributed by atoms with Crippen molar-refractivity contribution in [2.24, 2.45) is 17.6 Å². The standard InChI is InChI=1S/C15H29NO2/c1-11-8-12(6-5-7-13(16)9-11)10-14(17)18-15(2,3)4/h11-13H,5-10,16H2,1-4H3/t11-,12-,13?/m1/s1. The van der Waals surface area contributed by atoms with Crippen LogP contribution in [0.4, 0.5) is 0 Å². The van der Waals surface area contributed by atoms with Gasteiger partial charge in [-0.3, -0.25) is 4.79 Å². The van der Waals surface area contributed by atoms with E-state index in [0.29, 0.717) is 24.3 Å². The van der Waals surface area contributed by atoms with Crippen LogP contribution in [0.15, 0.2) is 0 Å². The molecule has 2 N–H and O–H groups in total. The van der Waals surface area contributed by atoms with E-state index >= 15 is 0 Å². The summed E-state index contributed by atoms with van der Waals surface area (Å²) in [5.74, 6) is 1.04. The fourth-order valence-electron chi connectivity index (χ4n) is 2.89. The molecule has 0 aliphatic heterocycles. The Labute approximate surface area is 111 Å². The van der Waals surface area contributed by atoms with Crippen LogP contribution in [0, 0.1) is 11.8 Å². The summed E-state index contributed by atoms with van der Waals surface area (Å²) in [6.45, 7) is 8.01. The van der Waals surface area contributed by atoms with Gasteiger partial charge in [-0.15, -0.1) is 0 Å². The van der Waals surface area contributed by atoms with Gasteiger partial charge in [0.15, 0.2) is 0 Å². The first-order valence-electron chi connectivity index (χ1n) is 7.23. The van der Waals surface area contributed by atoms with Crippen molar-refractivity contribution < 1.29 is 9.53 Å². The SMILES string of the molecule is C[C@H]1CC(N)CCC[C@@H](CC(=O)OC(C)(C)C)C1. The zero-order valence-corrected chi connectivity index (χ0v) is 12.4. The Bertz CT molecular complexity index is 270. The lowest BCUT2D eigenvalue weighted by molar-refractivity contribution is -0.156. The Hall–Kier alpha value is -0.570. The summed E-state index contributed by atoms with van der Waals surface area (Å²) in [6, 6.07) is 0.350. The monoisotopic (exact) mass is 255 g/mol. The second-order valence-electron chi connectivity index (χ2n) is 6.92. The van der Waals surface area contributed by atoms with E-state index in [0.717, 1.165) is 32.1 Å². The highest BCUT2D eigenvalue weighted by molar-refractivity contribution is 5.70. The predicted octanol–water partition coefficient (Wildman–Crippen LogP) is 3.26. The predicted molar refractivity (Wildman–Crippen MR) is 74.2 cm³/mol. The Balaban J connectivity index is 2.43. The van der Waals surface area contributed by atoms with Gasteiger partial charge in [0.25, 0.3) is 0 Å². The van der Waals surface area contributed by atoms with Gasteiger partial charge in [-0.25, -0.2) is 0 Å². The highest BCUT2D eigenvalue weighted by atomic mass is 16.6. The Kier molecular flexibility index (Phi) is 5.64. The molecule has 0 saturated heterocycles. The topological polar surface area (TPSA) is 52.3 Å². The summed E-state index contributed by atoms with van der Waals surface area (Å²) in [4.78, 5) is 11.8. The lowest BCUT2D eigenvalue weighted by Crippen LogP contribution is -2.28. The van der Waals surface area contributed by atoms with Crippen molar-refractivity contribution in [2.45, 2.75) is 77.9 Å². The van der Waals surface area contributed by atoms with Gasteiger partial charge in [-0.1, -0.05) is 13.3 Å². The molecule has 0 spiro atoms. The van der Waals surface area contributed by atoms with Crippen molar-refractivity contribution in [3.63, 3.8) is 0 Å². The number of nitrogens with two attached hydrogens (primary N) is 1. The van der Waals surface area contributed by atoms with Crippen molar-refractivity contribution in [3.05, 3.63) is 0 Å². The van der Waals surface area contributed by atoms with Crippen molar-refractivity contribution >= 4 is 5.97 Å². The van der Waals surface area contributed by atoms with Crippen LogP contribution in [0.2, 0.25) is 0 Å². The molecule has 3 heteroatoms. The fourth-order valence-corrected chi connectivity index (χ4v) is 2.89. The van der Waals surface area contributed by atoms with Gasteiger partial charge >= 0.3 is 5.97 Å². The lowest BCUT2D eigenvalue weighted by atomic mass is 9.82. The summed E-state index contributed by atoms with van der Waals surface area (Å²) in [5, 5.41) is 0. The van der Waals surface area contributed by atoms with Gasteiger partial charge in [0.05, 0.1) is 0 Å². The van der Waals surface area contributed by atoms with Gasteiger partial charge < -0.3 is 10.5 Å². The molecule has 0 aromatic heterocycles. The minimum Gasteiger partial charge on any atom is -0.460 e. The van der Waals surface area contributed by atoms with E-state index in [4.69, 9.17) is 10.5 Å². The molecule has 3 nitrogen and oxygen atoms in total. The molecule has 1 saturated carbocycles. The molecule has 1 aliphatic rings. The molecule has 0 amide bonds. The van der Waals surface area contributed by atoms with Crippen LogP contribution in [0.1, 0.15) is 66.2 Å². The molecule has 0 bridgehead atoms. The van der Waals surface area contributed by atoms with E-state index in [2.05, 4.69) is 6.92 Å². The van der Waals surface area contributed by atoms with Crippen LogP contribution >= 0.6 is 0 Å². The summed E-state index contributed by atoms with van der Waals surface area (Å²) in [5.41, 5.74) is 5.66. The molecule has 1 unspecified atom stereocenters. The van der Waals surface area contributed by atoms with Crippen LogP contribution < -0.4 is 5.73 Å². The number of carbonyl (C=O) groups is 1. The Morgan fingerprint density at radius 3 is 2.56 bits per heavy atom. The van der Waals surface area contributed by atoms with Gasteiger partial charge in [-0.2, -0.15) is 0 Å². The molecule has 1 rings (SSSR count). The fraction of sp³-hybridized carbons (Fsp3) is 0.933. The Morgan fingerprint density at radius 2 is 1.94 bits per heavy atom. The third-order valence-electron chi connectivity index (χ3n) is 3.50. The molecule has 1 fully saturated rings. The smallest absolute Gasteiger partial charge is 0.306 e. The minimum absolute atomic E-state index is 0.0513. The van der Waals surface area contributed by atoms with Gasteiger partial charge in [-0.05, 0) is 58.3 Å². The molecule has 0 aromatic carbocycles. The maximum Gasteiger partial charge on any atom is 0.306 e. The van der Waals surface area contributed by atoms with E-state index < -0.39 is 0 Å². The third kappa shape index (κ3) is 6.39. The Morgan fingerprint density at radius 1 is 1.28 bits per heavy atom. The molecule has 18 heavy (non-hydrogen) atoms. The van der Waals surface area contributed by atoms with Crippen LogP contribution in [0.5, 0.6) is 0 Å². The van der Waals surface area contributed by atoms with E-state index in [-0.39, 0.29) is 11.6 Å². The molecule has 0 heterocycles.